The van der Waals surface area contributed by atoms with Crippen molar-refractivity contribution in [1.82, 2.24) is 4.90 Å². The van der Waals surface area contributed by atoms with E-state index in [-0.39, 0.29) is 0 Å². The average Bonchev–Trinajstić information content (AvgIpc) is 2.23. The molecule has 0 saturated heterocycles. The Kier molecular flexibility index (Phi) is 5.13. The Labute approximate surface area is 98.0 Å². The van der Waals surface area contributed by atoms with E-state index >= 15 is 0 Å². The average molecular weight is 226 g/mol. The molecule has 0 unspecified atom stereocenters. The molecule has 1 rings (SSSR count). The molecule has 0 spiro atoms. The monoisotopic (exact) mass is 225 g/mol. The fourth-order valence-electron chi connectivity index (χ4n) is 1.63. The lowest BCUT2D eigenvalue weighted by Gasteiger charge is -2.19. The van der Waals surface area contributed by atoms with Gasteiger partial charge in [-0.25, -0.2) is 0 Å². The second-order valence-corrected chi connectivity index (χ2v) is 4.35. The van der Waals surface area contributed by atoms with E-state index in [0.717, 1.165) is 19.6 Å². The summed E-state index contributed by atoms with van der Waals surface area (Å²) in [6.45, 7) is 9.51. The summed E-state index contributed by atoms with van der Waals surface area (Å²) < 4.78 is 0. The second kappa shape index (κ2) is 6.14. The molecule has 84 valence electrons. The van der Waals surface area contributed by atoms with Crippen LogP contribution in [0.15, 0.2) is 18.2 Å². The molecule has 0 saturated carbocycles. The van der Waals surface area contributed by atoms with Gasteiger partial charge in [0.05, 0.1) is 0 Å². The zero-order valence-corrected chi connectivity index (χ0v) is 10.6. The molecule has 0 aliphatic rings. The van der Waals surface area contributed by atoms with Crippen molar-refractivity contribution in [3.8, 4) is 0 Å². The molecule has 0 bridgehead atoms. The Balaban J connectivity index is 2.66. The summed E-state index contributed by atoms with van der Waals surface area (Å²) in [5, 5.41) is 0. The van der Waals surface area contributed by atoms with Gasteiger partial charge in [-0.2, -0.15) is 0 Å². The number of aryl methyl sites for hydroxylation is 2. The molecule has 0 heterocycles. The first-order valence-corrected chi connectivity index (χ1v) is 6.05. The number of hydrogen-bond acceptors (Lipinski definition) is 1. The van der Waals surface area contributed by atoms with Crippen LogP contribution in [0, 0.1) is 13.8 Å². The zero-order valence-electron chi connectivity index (χ0n) is 9.89. The van der Waals surface area contributed by atoms with Gasteiger partial charge >= 0.3 is 0 Å². The SMILES string of the molecule is CCN(CCCl)Cc1ccc(C)c(C)c1. The van der Waals surface area contributed by atoms with Crippen molar-refractivity contribution in [2.24, 2.45) is 0 Å². The van der Waals surface area contributed by atoms with Crippen molar-refractivity contribution in [3.63, 3.8) is 0 Å². The number of rotatable bonds is 5. The summed E-state index contributed by atoms with van der Waals surface area (Å²) in [5.41, 5.74) is 4.11. The number of halogens is 1. The molecule has 2 heteroatoms. The molecule has 15 heavy (non-hydrogen) atoms. The van der Waals surface area contributed by atoms with Gasteiger partial charge < -0.3 is 0 Å². The minimum atomic E-state index is 0.707. The van der Waals surface area contributed by atoms with E-state index in [0.29, 0.717) is 5.88 Å². The summed E-state index contributed by atoms with van der Waals surface area (Å²) in [5.74, 6) is 0.707. The van der Waals surface area contributed by atoms with Crippen LogP contribution in [0.25, 0.3) is 0 Å². The van der Waals surface area contributed by atoms with Crippen LogP contribution in [-0.4, -0.2) is 23.9 Å². The highest BCUT2D eigenvalue weighted by Crippen LogP contribution is 2.11. The van der Waals surface area contributed by atoms with Crippen LogP contribution < -0.4 is 0 Å². The largest absolute Gasteiger partial charge is 0.298 e. The van der Waals surface area contributed by atoms with Gasteiger partial charge in [0.1, 0.15) is 0 Å². The van der Waals surface area contributed by atoms with E-state index in [9.17, 15) is 0 Å². The van der Waals surface area contributed by atoms with Crippen molar-refractivity contribution < 1.29 is 0 Å². The Morgan fingerprint density at radius 1 is 1.20 bits per heavy atom. The normalized spacial score (nSPS) is 11.0. The Morgan fingerprint density at radius 3 is 2.47 bits per heavy atom. The highest BCUT2D eigenvalue weighted by atomic mass is 35.5. The second-order valence-electron chi connectivity index (χ2n) is 3.98. The highest BCUT2D eigenvalue weighted by molar-refractivity contribution is 6.18. The van der Waals surface area contributed by atoms with Gasteiger partial charge in [-0.1, -0.05) is 25.1 Å². The Hall–Kier alpha value is -0.530. The quantitative estimate of drug-likeness (QED) is 0.695. The van der Waals surface area contributed by atoms with Crippen LogP contribution in [0.2, 0.25) is 0 Å². The smallest absolute Gasteiger partial charge is 0.0351 e. The van der Waals surface area contributed by atoms with E-state index in [4.69, 9.17) is 11.6 Å². The zero-order chi connectivity index (χ0) is 11.3. The summed E-state index contributed by atoms with van der Waals surface area (Å²) >= 11 is 5.76. The summed E-state index contributed by atoms with van der Waals surface area (Å²) in [6.07, 6.45) is 0. The Morgan fingerprint density at radius 2 is 1.93 bits per heavy atom. The lowest BCUT2D eigenvalue weighted by Crippen LogP contribution is -2.24. The van der Waals surface area contributed by atoms with Crippen molar-refractivity contribution in [2.45, 2.75) is 27.3 Å². The van der Waals surface area contributed by atoms with Crippen LogP contribution in [-0.2, 0) is 6.54 Å². The van der Waals surface area contributed by atoms with Crippen LogP contribution in [0.3, 0.4) is 0 Å². The predicted octanol–water partition coefficient (Wildman–Crippen LogP) is 3.36. The van der Waals surface area contributed by atoms with Gasteiger partial charge in [0.2, 0.25) is 0 Å². The molecule has 0 amide bonds. The van der Waals surface area contributed by atoms with E-state index in [1.807, 2.05) is 0 Å². The van der Waals surface area contributed by atoms with Crippen molar-refractivity contribution in [1.29, 1.82) is 0 Å². The molecule has 1 nitrogen and oxygen atoms in total. The van der Waals surface area contributed by atoms with E-state index in [1.165, 1.54) is 16.7 Å². The first-order valence-electron chi connectivity index (χ1n) is 5.51. The van der Waals surface area contributed by atoms with Crippen molar-refractivity contribution in [2.75, 3.05) is 19.0 Å². The lowest BCUT2D eigenvalue weighted by atomic mass is 10.1. The van der Waals surface area contributed by atoms with Gasteiger partial charge in [0.25, 0.3) is 0 Å². The van der Waals surface area contributed by atoms with Crippen molar-refractivity contribution in [3.05, 3.63) is 34.9 Å². The summed E-state index contributed by atoms with van der Waals surface area (Å²) in [4.78, 5) is 2.36. The van der Waals surface area contributed by atoms with Crippen LogP contribution in [0.4, 0.5) is 0 Å². The topological polar surface area (TPSA) is 3.24 Å². The minimum Gasteiger partial charge on any atom is -0.298 e. The maximum absolute atomic E-state index is 5.76. The maximum Gasteiger partial charge on any atom is 0.0351 e. The Bertz CT molecular complexity index is 309. The number of hydrogen-bond donors (Lipinski definition) is 0. The number of benzene rings is 1. The molecule has 0 atom stereocenters. The van der Waals surface area contributed by atoms with Crippen LogP contribution in [0.5, 0.6) is 0 Å². The first kappa shape index (κ1) is 12.5. The molecule has 0 aliphatic heterocycles. The third-order valence-electron chi connectivity index (χ3n) is 2.83. The predicted molar refractivity (Wildman–Crippen MR) is 67.6 cm³/mol. The standard InChI is InChI=1S/C13H20ClN/c1-4-15(8-7-14)10-13-6-5-11(2)12(3)9-13/h5-6,9H,4,7-8,10H2,1-3H3. The third kappa shape index (κ3) is 3.84. The molecule has 0 radical (unpaired) electrons. The molecular weight excluding hydrogens is 206 g/mol. The summed E-state index contributed by atoms with van der Waals surface area (Å²) in [6, 6.07) is 6.67. The van der Waals surface area contributed by atoms with Crippen molar-refractivity contribution >= 4 is 11.6 Å². The van der Waals surface area contributed by atoms with E-state index < -0.39 is 0 Å². The van der Waals surface area contributed by atoms with E-state index in [2.05, 4.69) is 43.9 Å². The van der Waals surface area contributed by atoms with Gasteiger partial charge in [-0.3, -0.25) is 4.90 Å². The molecule has 0 fully saturated rings. The van der Waals surface area contributed by atoms with Crippen LogP contribution >= 0.6 is 11.6 Å². The van der Waals surface area contributed by atoms with Gasteiger partial charge in [0.15, 0.2) is 0 Å². The van der Waals surface area contributed by atoms with E-state index in [1.54, 1.807) is 0 Å². The van der Waals surface area contributed by atoms with Gasteiger partial charge in [0, 0.05) is 19.0 Å². The molecule has 1 aromatic rings. The highest BCUT2D eigenvalue weighted by Gasteiger charge is 2.03. The maximum atomic E-state index is 5.76. The summed E-state index contributed by atoms with van der Waals surface area (Å²) in [7, 11) is 0. The van der Waals surface area contributed by atoms with Gasteiger partial charge in [-0.05, 0) is 37.1 Å². The molecular formula is C13H20ClN. The lowest BCUT2D eigenvalue weighted by molar-refractivity contribution is 0.297. The van der Waals surface area contributed by atoms with Gasteiger partial charge in [-0.15, -0.1) is 11.6 Å². The fraction of sp³-hybridized carbons (Fsp3) is 0.538. The third-order valence-corrected chi connectivity index (χ3v) is 2.99. The first-order chi connectivity index (χ1) is 7.17. The number of nitrogens with zero attached hydrogens (tertiary/aromatic N) is 1. The molecule has 0 aromatic heterocycles. The minimum absolute atomic E-state index is 0.707. The molecule has 0 aliphatic carbocycles. The van der Waals surface area contributed by atoms with Crippen LogP contribution in [0.1, 0.15) is 23.6 Å². The molecule has 0 N–H and O–H groups in total. The molecule has 1 aromatic carbocycles. The fourth-order valence-corrected chi connectivity index (χ4v) is 1.87. The number of alkyl halides is 1.